The smallest absolute Gasteiger partial charge is 0.305 e. The Kier molecular flexibility index (Phi) is 8.02. The largest absolute Gasteiger partial charge is 0.469 e. The van der Waals surface area contributed by atoms with E-state index in [0.717, 1.165) is 25.7 Å². The van der Waals surface area contributed by atoms with E-state index in [4.69, 9.17) is 0 Å². The summed E-state index contributed by atoms with van der Waals surface area (Å²) >= 11 is 0. The SMILES string of the molecule is CCCCC1CCC(=O)C1CC#CCCCC(=O)OC. The van der Waals surface area contributed by atoms with E-state index in [9.17, 15) is 9.59 Å². The lowest BCUT2D eigenvalue weighted by atomic mass is 9.88. The Morgan fingerprint density at radius 1 is 1.35 bits per heavy atom. The number of Topliss-reactive ketones (excluding diaryl/α,β-unsaturated/α-hetero) is 1. The number of carbonyl (C=O) groups is 2. The zero-order valence-corrected chi connectivity index (χ0v) is 12.7. The Balaban J connectivity index is 2.28. The maximum Gasteiger partial charge on any atom is 0.305 e. The molecule has 0 aromatic heterocycles. The summed E-state index contributed by atoms with van der Waals surface area (Å²) in [6.07, 6.45) is 7.91. The highest BCUT2D eigenvalue weighted by Gasteiger charge is 2.33. The van der Waals surface area contributed by atoms with Crippen LogP contribution >= 0.6 is 0 Å². The molecule has 0 amide bonds. The van der Waals surface area contributed by atoms with E-state index in [-0.39, 0.29) is 11.9 Å². The van der Waals surface area contributed by atoms with Crippen LogP contribution in [0.1, 0.15) is 64.7 Å². The van der Waals surface area contributed by atoms with E-state index in [1.807, 2.05) is 0 Å². The molecule has 3 heteroatoms. The minimum atomic E-state index is -0.183. The highest BCUT2D eigenvalue weighted by molar-refractivity contribution is 5.83. The van der Waals surface area contributed by atoms with E-state index >= 15 is 0 Å². The van der Waals surface area contributed by atoms with Crippen LogP contribution < -0.4 is 0 Å². The second-order valence-electron chi connectivity index (χ2n) is 5.50. The number of methoxy groups -OCH3 is 1. The van der Waals surface area contributed by atoms with Gasteiger partial charge in [0.15, 0.2) is 0 Å². The van der Waals surface area contributed by atoms with Gasteiger partial charge < -0.3 is 4.74 Å². The summed E-state index contributed by atoms with van der Waals surface area (Å²) in [5, 5.41) is 0. The predicted molar refractivity (Wildman–Crippen MR) is 79.0 cm³/mol. The van der Waals surface area contributed by atoms with E-state index < -0.39 is 0 Å². The fourth-order valence-electron chi connectivity index (χ4n) is 2.76. The van der Waals surface area contributed by atoms with Gasteiger partial charge in [-0.25, -0.2) is 0 Å². The molecule has 20 heavy (non-hydrogen) atoms. The van der Waals surface area contributed by atoms with Crippen LogP contribution in [-0.2, 0) is 14.3 Å². The summed E-state index contributed by atoms with van der Waals surface area (Å²) in [5.41, 5.74) is 0. The van der Waals surface area contributed by atoms with Gasteiger partial charge in [-0.05, 0) is 25.2 Å². The molecule has 0 aromatic carbocycles. The monoisotopic (exact) mass is 278 g/mol. The van der Waals surface area contributed by atoms with E-state index in [1.54, 1.807) is 0 Å². The average molecular weight is 278 g/mol. The van der Waals surface area contributed by atoms with E-state index in [1.165, 1.54) is 20.0 Å². The molecular formula is C17H26O3. The molecule has 112 valence electrons. The molecular weight excluding hydrogens is 252 g/mol. The minimum absolute atomic E-state index is 0.162. The van der Waals surface area contributed by atoms with Crippen LogP contribution in [0.25, 0.3) is 0 Å². The van der Waals surface area contributed by atoms with Crippen molar-refractivity contribution in [1.82, 2.24) is 0 Å². The van der Waals surface area contributed by atoms with Gasteiger partial charge in [0.1, 0.15) is 5.78 Å². The second-order valence-corrected chi connectivity index (χ2v) is 5.50. The first-order chi connectivity index (χ1) is 9.69. The van der Waals surface area contributed by atoms with Crippen LogP contribution in [0.5, 0.6) is 0 Å². The zero-order valence-electron chi connectivity index (χ0n) is 12.7. The van der Waals surface area contributed by atoms with Crippen molar-refractivity contribution in [3.05, 3.63) is 0 Å². The molecule has 0 radical (unpaired) electrons. The molecule has 1 rings (SSSR count). The number of ketones is 1. The third-order valence-electron chi connectivity index (χ3n) is 4.03. The Labute approximate surface area is 122 Å². The Morgan fingerprint density at radius 3 is 2.85 bits per heavy atom. The van der Waals surface area contributed by atoms with Crippen LogP contribution in [0.4, 0.5) is 0 Å². The Bertz CT molecular complexity index is 375. The number of ether oxygens (including phenoxy) is 1. The molecule has 1 saturated carbocycles. The fourth-order valence-corrected chi connectivity index (χ4v) is 2.76. The number of unbranched alkanes of at least 4 members (excludes halogenated alkanes) is 2. The number of carbonyl (C=O) groups excluding carboxylic acids is 2. The van der Waals surface area contributed by atoms with Crippen LogP contribution in [0.2, 0.25) is 0 Å². The molecule has 0 saturated heterocycles. The van der Waals surface area contributed by atoms with Crippen LogP contribution in [0.15, 0.2) is 0 Å². The molecule has 0 aromatic rings. The molecule has 0 aliphatic heterocycles. The molecule has 1 aliphatic carbocycles. The summed E-state index contributed by atoms with van der Waals surface area (Å²) in [6.45, 7) is 2.19. The molecule has 0 heterocycles. The molecule has 1 fully saturated rings. The minimum Gasteiger partial charge on any atom is -0.469 e. The quantitative estimate of drug-likeness (QED) is 0.406. The summed E-state index contributed by atoms with van der Waals surface area (Å²) in [4.78, 5) is 22.8. The number of rotatable bonds is 7. The summed E-state index contributed by atoms with van der Waals surface area (Å²) in [7, 11) is 1.40. The van der Waals surface area contributed by atoms with E-state index in [2.05, 4.69) is 23.5 Å². The van der Waals surface area contributed by atoms with Gasteiger partial charge in [-0.15, -0.1) is 11.8 Å². The Morgan fingerprint density at radius 2 is 2.15 bits per heavy atom. The summed E-state index contributed by atoms with van der Waals surface area (Å²) in [5.74, 6) is 7.14. The summed E-state index contributed by atoms with van der Waals surface area (Å²) < 4.78 is 4.57. The lowest BCUT2D eigenvalue weighted by Gasteiger charge is -2.15. The Hall–Kier alpha value is -1.30. The lowest BCUT2D eigenvalue weighted by Crippen LogP contribution is -2.14. The lowest BCUT2D eigenvalue weighted by molar-refractivity contribution is -0.140. The van der Waals surface area contributed by atoms with Crippen molar-refractivity contribution >= 4 is 11.8 Å². The highest BCUT2D eigenvalue weighted by Crippen LogP contribution is 2.34. The van der Waals surface area contributed by atoms with Crippen molar-refractivity contribution in [2.75, 3.05) is 7.11 Å². The average Bonchev–Trinajstić information content (AvgIpc) is 2.80. The first-order valence-corrected chi connectivity index (χ1v) is 7.74. The van der Waals surface area contributed by atoms with Crippen LogP contribution in [-0.4, -0.2) is 18.9 Å². The van der Waals surface area contributed by atoms with Gasteiger partial charge in [-0.1, -0.05) is 19.8 Å². The highest BCUT2D eigenvalue weighted by atomic mass is 16.5. The predicted octanol–water partition coefficient (Wildman–Crippen LogP) is 3.51. The van der Waals surface area contributed by atoms with Gasteiger partial charge >= 0.3 is 5.97 Å². The van der Waals surface area contributed by atoms with Crippen molar-refractivity contribution in [2.24, 2.45) is 11.8 Å². The summed E-state index contributed by atoms with van der Waals surface area (Å²) in [6, 6.07) is 0. The number of hydrogen-bond donors (Lipinski definition) is 0. The molecule has 0 bridgehead atoms. The van der Waals surface area contributed by atoms with Crippen molar-refractivity contribution in [3.8, 4) is 11.8 Å². The normalized spacial score (nSPS) is 21.4. The zero-order chi connectivity index (χ0) is 14.8. The first-order valence-electron chi connectivity index (χ1n) is 7.74. The van der Waals surface area contributed by atoms with Gasteiger partial charge in [-0.3, -0.25) is 9.59 Å². The van der Waals surface area contributed by atoms with E-state index in [0.29, 0.717) is 31.0 Å². The molecule has 2 unspecified atom stereocenters. The maximum absolute atomic E-state index is 11.9. The molecule has 0 N–H and O–H groups in total. The fraction of sp³-hybridized carbons (Fsp3) is 0.765. The third-order valence-corrected chi connectivity index (χ3v) is 4.03. The number of esters is 1. The van der Waals surface area contributed by atoms with Crippen LogP contribution in [0, 0.1) is 23.7 Å². The topological polar surface area (TPSA) is 43.4 Å². The molecule has 1 aliphatic rings. The second kappa shape index (κ2) is 9.58. The van der Waals surface area contributed by atoms with Crippen molar-refractivity contribution in [3.63, 3.8) is 0 Å². The first kappa shape index (κ1) is 16.8. The van der Waals surface area contributed by atoms with Crippen LogP contribution in [0.3, 0.4) is 0 Å². The van der Waals surface area contributed by atoms with Gasteiger partial charge in [0, 0.05) is 31.6 Å². The standard InChI is InChI=1S/C17H26O3/c1-3-4-9-14-12-13-16(18)15(14)10-7-5-6-8-11-17(19)20-2/h14-15H,3-4,6,8-13H2,1-2H3. The molecule has 0 spiro atoms. The number of hydrogen-bond acceptors (Lipinski definition) is 3. The molecule has 3 nitrogen and oxygen atoms in total. The van der Waals surface area contributed by atoms with Gasteiger partial charge in [-0.2, -0.15) is 0 Å². The van der Waals surface area contributed by atoms with Crippen molar-refractivity contribution in [2.45, 2.75) is 64.7 Å². The van der Waals surface area contributed by atoms with Crippen molar-refractivity contribution < 1.29 is 14.3 Å². The van der Waals surface area contributed by atoms with Crippen molar-refractivity contribution in [1.29, 1.82) is 0 Å². The molecule has 2 atom stereocenters. The van der Waals surface area contributed by atoms with Gasteiger partial charge in [0.25, 0.3) is 0 Å². The maximum atomic E-state index is 11.9. The third kappa shape index (κ3) is 5.77. The van der Waals surface area contributed by atoms with Gasteiger partial charge in [0.2, 0.25) is 0 Å². The van der Waals surface area contributed by atoms with Gasteiger partial charge in [0.05, 0.1) is 7.11 Å².